The summed E-state index contributed by atoms with van der Waals surface area (Å²) in [6.45, 7) is 0. The van der Waals surface area contributed by atoms with Gasteiger partial charge in [-0.2, -0.15) is 0 Å². The molecule has 0 unspecified atom stereocenters. The van der Waals surface area contributed by atoms with Crippen molar-refractivity contribution in [2.45, 2.75) is 5.60 Å². The Balaban J connectivity index is 0.000000411. The van der Waals surface area contributed by atoms with E-state index in [1.807, 2.05) is 12.1 Å². The monoisotopic (exact) mass is 452 g/mol. The fourth-order valence-electron chi connectivity index (χ4n) is 3.65. The van der Waals surface area contributed by atoms with Crippen LogP contribution in [0.1, 0.15) is 27.0 Å². The Hall–Kier alpha value is -2.36. The summed E-state index contributed by atoms with van der Waals surface area (Å²) in [5.41, 5.74) is 1.28. The number of esters is 1. The van der Waals surface area contributed by atoms with E-state index in [1.165, 1.54) is 24.3 Å². The van der Waals surface area contributed by atoms with Crippen LogP contribution in [0.3, 0.4) is 0 Å². The minimum atomic E-state index is -4.89. The molecule has 0 atom stereocenters. The van der Waals surface area contributed by atoms with Crippen molar-refractivity contribution in [2.75, 3.05) is 0 Å². The van der Waals surface area contributed by atoms with E-state index in [1.54, 1.807) is 24.3 Å². The number of hydrogen-bond acceptors (Lipinski definition) is 7. The van der Waals surface area contributed by atoms with Crippen LogP contribution in [0, 0.1) is 0 Å². The number of benzene rings is 3. The van der Waals surface area contributed by atoms with Crippen LogP contribution in [0.2, 0.25) is 0 Å². The SMILES string of the molecule is O=C1OC2(c3ccc(O)cc3Oc3cc(O)ccc32)c2ccccc21.O=P([O-])(O)O.[Na+]. The van der Waals surface area contributed by atoms with Gasteiger partial charge in [-0.05, 0) is 30.3 Å². The molecule has 2 aliphatic heterocycles. The van der Waals surface area contributed by atoms with E-state index in [9.17, 15) is 15.0 Å². The largest absolute Gasteiger partial charge is 1.00 e. The van der Waals surface area contributed by atoms with Gasteiger partial charge < -0.3 is 34.4 Å². The van der Waals surface area contributed by atoms with Crippen LogP contribution in [0.5, 0.6) is 23.0 Å². The zero-order valence-electron chi connectivity index (χ0n) is 16.1. The number of ether oxygens (including phenoxy) is 2. The first kappa shape index (κ1) is 23.3. The molecule has 0 radical (unpaired) electrons. The second kappa shape index (κ2) is 8.29. The number of phenols is 2. The van der Waals surface area contributed by atoms with Crippen molar-refractivity contribution in [3.05, 3.63) is 82.9 Å². The molecular formula is C20H14NaO9P. The number of phosphoric acid groups is 1. The van der Waals surface area contributed by atoms with E-state index in [0.29, 0.717) is 33.8 Å². The fraction of sp³-hybridized carbons (Fsp3) is 0.0500. The average Bonchev–Trinajstić information content (AvgIpc) is 2.94. The van der Waals surface area contributed by atoms with Gasteiger partial charge >= 0.3 is 35.5 Å². The van der Waals surface area contributed by atoms with E-state index in [-0.39, 0.29) is 41.1 Å². The third-order valence-corrected chi connectivity index (χ3v) is 4.68. The molecule has 0 bridgehead atoms. The van der Waals surface area contributed by atoms with Gasteiger partial charge in [-0.1, -0.05) is 18.2 Å². The summed E-state index contributed by atoms with van der Waals surface area (Å²) in [5, 5.41) is 19.7. The molecule has 0 fully saturated rings. The van der Waals surface area contributed by atoms with Gasteiger partial charge in [0.25, 0.3) is 7.82 Å². The zero-order chi connectivity index (χ0) is 21.7. The molecule has 0 aliphatic carbocycles. The molecule has 154 valence electrons. The predicted octanol–water partition coefficient (Wildman–Crippen LogP) is -0.891. The Morgan fingerprint density at radius 1 is 0.839 bits per heavy atom. The molecule has 2 aliphatic rings. The Bertz CT molecular complexity index is 1160. The Morgan fingerprint density at radius 2 is 1.32 bits per heavy atom. The topological polar surface area (TPSA) is 157 Å². The van der Waals surface area contributed by atoms with Gasteiger partial charge in [0.2, 0.25) is 0 Å². The van der Waals surface area contributed by atoms with Crippen LogP contribution < -0.4 is 39.2 Å². The number of phenolic OH excluding ortho intramolecular Hbond substituents is 2. The van der Waals surface area contributed by atoms with Crippen molar-refractivity contribution >= 4 is 13.8 Å². The first-order valence-corrected chi connectivity index (χ1v) is 10.1. The molecule has 0 amide bonds. The van der Waals surface area contributed by atoms with Gasteiger partial charge in [0.1, 0.15) is 23.0 Å². The maximum absolute atomic E-state index is 12.5. The molecule has 3 aromatic rings. The Labute approximate surface area is 198 Å². The number of aromatic hydroxyl groups is 2. The molecule has 4 N–H and O–H groups in total. The van der Waals surface area contributed by atoms with E-state index < -0.39 is 19.4 Å². The first-order valence-electron chi connectivity index (χ1n) is 8.54. The van der Waals surface area contributed by atoms with Gasteiger partial charge in [0, 0.05) is 28.8 Å². The predicted molar refractivity (Wildman–Crippen MR) is 100 cm³/mol. The molecule has 0 saturated carbocycles. The summed E-state index contributed by atoms with van der Waals surface area (Å²) in [7, 11) is -4.89. The first-order chi connectivity index (χ1) is 14.1. The van der Waals surface area contributed by atoms with Crippen molar-refractivity contribution < 1.29 is 73.3 Å². The Morgan fingerprint density at radius 3 is 1.84 bits per heavy atom. The minimum absolute atomic E-state index is 0. The minimum Gasteiger partial charge on any atom is -0.756 e. The Kier molecular flexibility index (Phi) is 6.23. The molecule has 11 heteroatoms. The number of rotatable bonds is 0. The molecule has 2 heterocycles. The van der Waals surface area contributed by atoms with Gasteiger partial charge in [-0.15, -0.1) is 0 Å². The summed E-state index contributed by atoms with van der Waals surface area (Å²) in [5.74, 6) is 0.408. The normalized spacial score (nSPS) is 14.6. The van der Waals surface area contributed by atoms with Gasteiger partial charge in [-0.3, -0.25) is 4.57 Å². The molecule has 9 nitrogen and oxygen atoms in total. The van der Waals surface area contributed by atoms with Crippen molar-refractivity contribution in [2.24, 2.45) is 0 Å². The molecule has 0 saturated heterocycles. The van der Waals surface area contributed by atoms with E-state index >= 15 is 0 Å². The summed E-state index contributed by atoms with van der Waals surface area (Å²) in [4.78, 5) is 35.5. The van der Waals surface area contributed by atoms with Crippen LogP contribution in [-0.4, -0.2) is 26.0 Å². The van der Waals surface area contributed by atoms with Crippen molar-refractivity contribution in [3.63, 3.8) is 0 Å². The van der Waals surface area contributed by atoms with Gasteiger partial charge in [0.05, 0.1) is 5.56 Å². The number of carbonyl (C=O) groups excluding carboxylic acids is 1. The summed E-state index contributed by atoms with van der Waals surface area (Å²) in [6.07, 6.45) is 0. The average molecular weight is 452 g/mol. The molecule has 3 aromatic carbocycles. The quantitative estimate of drug-likeness (QED) is 0.193. The van der Waals surface area contributed by atoms with Crippen LogP contribution in [0.15, 0.2) is 60.7 Å². The third kappa shape index (κ3) is 4.22. The van der Waals surface area contributed by atoms with E-state index in [4.69, 9.17) is 28.7 Å². The second-order valence-corrected chi connectivity index (χ2v) is 7.55. The molecular weight excluding hydrogens is 438 g/mol. The number of carbonyl (C=O) groups is 1. The number of hydrogen-bond donors (Lipinski definition) is 4. The molecule has 1 spiro atoms. The fourth-order valence-corrected chi connectivity index (χ4v) is 3.65. The van der Waals surface area contributed by atoms with Crippen molar-refractivity contribution in [3.8, 4) is 23.0 Å². The standard InChI is InChI=1S/C20H12O5.Na.H3O4P/c21-11-5-7-15-17(9-11)24-18-10-12(22)6-8-16(18)20(15)14-4-2-1-3-13(14)19(23)25-20;;1-5(2,3)4/h1-10,21-22H;;(H3,1,2,3,4)/q;+1;/p-1. The van der Waals surface area contributed by atoms with Crippen molar-refractivity contribution in [1.82, 2.24) is 0 Å². The van der Waals surface area contributed by atoms with E-state index in [2.05, 4.69) is 0 Å². The zero-order valence-corrected chi connectivity index (χ0v) is 18.9. The molecule has 0 aromatic heterocycles. The maximum Gasteiger partial charge on any atom is 1.00 e. The van der Waals surface area contributed by atoms with Crippen LogP contribution >= 0.6 is 7.82 Å². The van der Waals surface area contributed by atoms with Crippen LogP contribution in [0.25, 0.3) is 0 Å². The van der Waals surface area contributed by atoms with Crippen molar-refractivity contribution in [1.29, 1.82) is 0 Å². The third-order valence-electron chi connectivity index (χ3n) is 4.68. The molecule has 31 heavy (non-hydrogen) atoms. The van der Waals surface area contributed by atoms with Gasteiger partial charge in [0.15, 0.2) is 5.60 Å². The maximum atomic E-state index is 12.5. The van der Waals surface area contributed by atoms with Crippen LogP contribution in [0.4, 0.5) is 0 Å². The molecule has 5 rings (SSSR count). The second-order valence-electron chi connectivity index (χ2n) is 6.57. The smallest absolute Gasteiger partial charge is 0.756 e. The summed E-state index contributed by atoms with van der Waals surface area (Å²) in [6, 6.07) is 16.6. The van der Waals surface area contributed by atoms with Crippen LogP contribution in [-0.2, 0) is 14.9 Å². The summed E-state index contributed by atoms with van der Waals surface area (Å²) >= 11 is 0. The van der Waals surface area contributed by atoms with E-state index in [0.717, 1.165) is 0 Å². The van der Waals surface area contributed by atoms with Gasteiger partial charge in [-0.25, -0.2) is 4.79 Å². The summed E-state index contributed by atoms with van der Waals surface area (Å²) < 4.78 is 20.5. The number of fused-ring (bicyclic) bond motifs is 6.